The summed E-state index contributed by atoms with van der Waals surface area (Å²) in [5.41, 5.74) is 6.02. The van der Waals surface area contributed by atoms with Gasteiger partial charge in [0.1, 0.15) is 23.8 Å². The number of aromatic nitrogens is 3. The van der Waals surface area contributed by atoms with E-state index in [1.165, 1.54) is 0 Å². The summed E-state index contributed by atoms with van der Waals surface area (Å²) in [6, 6.07) is 6.53. The van der Waals surface area contributed by atoms with Gasteiger partial charge in [-0.25, -0.2) is 4.79 Å². The summed E-state index contributed by atoms with van der Waals surface area (Å²) in [6.45, 7) is 16.6. The van der Waals surface area contributed by atoms with Crippen LogP contribution in [0.3, 0.4) is 0 Å². The van der Waals surface area contributed by atoms with E-state index in [9.17, 15) is 19.5 Å². The maximum absolute atomic E-state index is 14.4. The van der Waals surface area contributed by atoms with Crippen molar-refractivity contribution in [3.8, 4) is 11.3 Å². The lowest BCUT2D eigenvalue weighted by Crippen LogP contribution is -2.61. The molecule has 4 N–H and O–H groups in total. The number of esters is 1. The highest BCUT2D eigenvalue weighted by atomic mass is 16.7. The van der Waals surface area contributed by atoms with Gasteiger partial charge in [0.25, 0.3) is 0 Å². The normalized spacial score (nSPS) is 36.0. The number of hydrogen-bond donors (Lipinski definition) is 3. The molecular formula is C44H71N7O9. The van der Waals surface area contributed by atoms with Crippen LogP contribution in [0.1, 0.15) is 93.9 Å². The Kier molecular flexibility index (Phi) is 15.8. The Bertz CT molecular complexity index is 1760. The van der Waals surface area contributed by atoms with Crippen LogP contribution in [0.5, 0.6) is 0 Å². The first-order valence-electron chi connectivity index (χ1n) is 21.8. The highest BCUT2D eigenvalue weighted by Gasteiger charge is 2.58. The molecule has 2 aromatic rings. The van der Waals surface area contributed by atoms with Gasteiger partial charge in [0.05, 0.1) is 30.0 Å². The van der Waals surface area contributed by atoms with Crippen LogP contribution in [0, 0.1) is 17.8 Å². The van der Waals surface area contributed by atoms with Crippen molar-refractivity contribution in [3.63, 3.8) is 0 Å². The Morgan fingerprint density at radius 2 is 1.78 bits per heavy atom. The van der Waals surface area contributed by atoms with Crippen LogP contribution in [0.2, 0.25) is 0 Å². The van der Waals surface area contributed by atoms with Crippen LogP contribution in [0.4, 0.5) is 10.5 Å². The van der Waals surface area contributed by atoms with Crippen LogP contribution in [-0.2, 0) is 39.8 Å². The van der Waals surface area contributed by atoms with Gasteiger partial charge in [0, 0.05) is 49.5 Å². The molecule has 3 fully saturated rings. The van der Waals surface area contributed by atoms with Crippen LogP contribution >= 0.6 is 0 Å². The molecule has 13 atom stereocenters. The highest BCUT2D eigenvalue weighted by molar-refractivity contribution is 6.00. The molecule has 0 saturated carbocycles. The molecule has 0 aliphatic carbocycles. The van der Waals surface area contributed by atoms with E-state index in [-0.39, 0.29) is 24.1 Å². The first-order valence-corrected chi connectivity index (χ1v) is 21.8. The number of rotatable bonds is 12. The summed E-state index contributed by atoms with van der Waals surface area (Å²) >= 11 is 0. The number of amides is 1. The molecule has 0 spiro atoms. The molecule has 16 nitrogen and oxygen atoms in total. The smallest absolute Gasteiger partial charge is 0.410 e. The van der Waals surface area contributed by atoms with Crippen molar-refractivity contribution in [2.24, 2.45) is 17.8 Å². The molecule has 336 valence electrons. The summed E-state index contributed by atoms with van der Waals surface area (Å²) in [4.78, 5) is 45.9. The Morgan fingerprint density at radius 1 is 1.07 bits per heavy atom. The first kappa shape index (κ1) is 47.4. The minimum absolute atomic E-state index is 0.00636. The lowest BCUT2D eigenvalue weighted by Gasteiger charge is -2.46. The molecule has 5 rings (SSSR count). The fraction of sp³-hybridized carbons (Fsp3) is 0.750. The van der Waals surface area contributed by atoms with E-state index >= 15 is 0 Å². The number of ether oxygens (including phenoxy) is 5. The van der Waals surface area contributed by atoms with Gasteiger partial charge in [-0.2, -0.15) is 0 Å². The van der Waals surface area contributed by atoms with E-state index in [2.05, 4.69) is 22.6 Å². The number of aliphatic hydroxyl groups is 1. The second-order valence-electron chi connectivity index (χ2n) is 18.1. The van der Waals surface area contributed by atoms with Crippen molar-refractivity contribution >= 4 is 23.5 Å². The summed E-state index contributed by atoms with van der Waals surface area (Å²) in [5, 5.41) is 23.7. The Labute approximate surface area is 356 Å². The molecule has 16 heteroatoms. The van der Waals surface area contributed by atoms with Crippen molar-refractivity contribution in [2.75, 3.05) is 40.0 Å². The van der Waals surface area contributed by atoms with Crippen LogP contribution in [0.25, 0.3) is 11.3 Å². The average molecular weight is 842 g/mol. The van der Waals surface area contributed by atoms with Crippen molar-refractivity contribution in [1.82, 2.24) is 30.1 Å². The van der Waals surface area contributed by atoms with E-state index in [4.69, 9.17) is 29.4 Å². The fourth-order valence-electron chi connectivity index (χ4n) is 9.63. The first-order chi connectivity index (χ1) is 28.3. The summed E-state index contributed by atoms with van der Waals surface area (Å²) in [6.07, 6.45) is 1.25. The van der Waals surface area contributed by atoms with Crippen LogP contribution in [0.15, 0.2) is 30.5 Å². The summed E-state index contributed by atoms with van der Waals surface area (Å²) < 4.78 is 33.3. The zero-order valence-electron chi connectivity index (χ0n) is 37.6. The van der Waals surface area contributed by atoms with Crippen LogP contribution < -0.4 is 11.1 Å². The number of aliphatic hydroxyl groups excluding tert-OH is 1. The predicted octanol–water partition coefficient (Wildman–Crippen LogP) is 4.67. The molecule has 60 heavy (non-hydrogen) atoms. The van der Waals surface area contributed by atoms with Gasteiger partial charge in [-0.05, 0) is 112 Å². The summed E-state index contributed by atoms with van der Waals surface area (Å²) in [7, 11) is 5.40. The number of Topliss-reactive ketones (excluding diaryl/α,β-unsaturated/α-hetero) is 1. The number of likely N-dealkylation sites (N-methyl/N-ethyl adjacent to an activating group) is 1. The van der Waals surface area contributed by atoms with Gasteiger partial charge in [-0.3, -0.25) is 19.2 Å². The molecule has 0 bridgehead atoms. The summed E-state index contributed by atoms with van der Waals surface area (Å²) in [5.74, 6) is -3.14. The third-order valence-electron chi connectivity index (χ3n) is 13.1. The minimum atomic E-state index is -1.22. The minimum Gasteiger partial charge on any atom is -0.458 e. The van der Waals surface area contributed by atoms with Crippen molar-refractivity contribution in [1.29, 1.82) is 0 Å². The van der Waals surface area contributed by atoms with E-state index in [1.807, 2.05) is 88.8 Å². The number of anilines is 1. The number of fused-ring (bicyclic) bond motifs is 1. The number of nitrogens with zero attached hydrogens (tertiary/aromatic N) is 5. The molecule has 4 heterocycles. The molecule has 1 amide bonds. The number of benzene rings is 1. The SMILES string of the molecule is CC[C@H]1OC(=O)[C@H](C)C(=O)[C@@H](C)[C@@H](O[C@@H]2OC(C)CC(N(C)C)C2O)[C@](C)(OC)C[C@@H](C)CN[C@H](C)[C@H]2N(CCCCCn3cc(-c4cccc(N)c4)nn3)C(=O)O[C@]12C. The van der Waals surface area contributed by atoms with Crippen molar-refractivity contribution in [3.05, 3.63) is 30.5 Å². The second-order valence-corrected chi connectivity index (χ2v) is 18.1. The molecule has 0 radical (unpaired) electrons. The average Bonchev–Trinajstić information content (AvgIpc) is 3.78. The number of ketones is 1. The van der Waals surface area contributed by atoms with Gasteiger partial charge in [0.15, 0.2) is 17.7 Å². The molecular weight excluding hydrogens is 771 g/mol. The number of aryl methyl sites for hydroxylation is 1. The third kappa shape index (κ3) is 10.5. The predicted molar refractivity (Wildman–Crippen MR) is 227 cm³/mol. The van der Waals surface area contributed by atoms with Crippen molar-refractivity contribution < 1.29 is 43.2 Å². The highest BCUT2D eigenvalue weighted by Crippen LogP contribution is 2.40. The number of carbonyl (C=O) groups excluding carboxylic acids is 3. The number of hydrogen-bond acceptors (Lipinski definition) is 14. The van der Waals surface area contributed by atoms with Crippen molar-refractivity contribution in [2.45, 2.75) is 160 Å². The van der Waals surface area contributed by atoms with E-state index in [1.54, 1.807) is 25.9 Å². The van der Waals surface area contributed by atoms with Gasteiger partial charge in [-0.1, -0.05) is 38.1 Å². The number of nitrogens with two attached hydrogens (primary N) is 1. The van der Waals surface area contributed by atoms with E-state index in [0.717, 1.165) is 24.1 Å². The zero-order chi connectivity index (χ0) is 44.1. The van der Waals surface area contributed by atoms with E-state index in [0.29, 0.717) is 51.0 Å². The number of nitrogens with one attached hydrogen (secondary N) is 1. The molecule has 3 aliphatic rings. The quantitative estimate of drug-likeness (QED) is 0.116. The monoisotopic (exact) mass is 842 g/mol. The largest absolute Gasteiger partial charge is 0.458 e. The van der Waals surface area contributed by atoms with Crippen LogP contribution in [-0.4, -0.2) is 142 Å². The Hall–Kier alpha value is -3.67. The maximum atomic E-state index is 14.4. The molecule has 1 aromatic heterocycles. The number of cyclic esters (lactones) is 1. The number of nitrogen functional groups attached to an aromatic ring is 1. The standard InChI is InChI=1S/C44H71N7O9/c1-12-35-44(8)38(51(42(55)60-44)20-15-13-14-19-50-25-33(47-48-50)31-17-16-18-32(45)22-31)30(6)46-24-26(2)23-43(7,56-11)39(28(4)36(52)29(5)40(54)58-35)59-41-37(53)34(49(9)10)21-27(3)57-41/h16-18,22,25-30,34-35,37-39,41,46,53H,12-15,19-21,23-24,45H2,1-11H3/t26-,27?,28-,29-,30-,34?,35-,37?,38-,39-,41+,43-,44-/m1/s1. The molecule has 3 unspecified atom stereocenters. The number of methoxy groups -OCH3 is 1. The lowest BCUT2D eigenvalue weighted by molar-refractivity contribution is -0.295. The lowest BCUT2D eigenvalue weighted by atomic mass is 9.78. The maximum Gasteiger partial charge on any atom is 0.410 e. The van der Waals surface area contributed by atoms with E-state index < -0.39 is 71.5 Å². The van der Waals surface area contributed by atoms with Gasteiger partial charge in [-0.15, -0.1) is 5.10 Å². The second kappa shape index (κ2) is 20.0. The Morgan fingerprint density at radius 3 is 2.45 bits per heavy atom. The Balaban J connectivity index is 1.35. The fourth-order valence-corrected chi connectivity index (χ4v) is 9.63. The third-order valence-corrected chi connectivity index (χ3v) is 13.1. The number of carbonyl (C=O) groups is 3. The molecule has 1 aromatic carbocycles. The molecule has 3 saturated heterocycles. The molecule has 3 aliphatic heterocycles. The topological polar surface area (TPSA) is 193 Å². The zero-order valence-corrected chi connectivity index (χ0v) is 37.6. The van der Waals surface area contributed by atoms with Gasteiger partial charge in [0.2, 0.25) is 0 Å². The van der Waals surface area contributed by atoms with Gasteiger partial charge < -0.3 is 44.7 Å². The number of unbranched alkanes of at least 4 members (excludes halogenated alkanes) is 2. The van der Waals surface area contributed by atoms with Gasteiger partial charge >= 0.3 is 12.1 Å².